The average Bonchev–Trinajstić information content (AvgIpc) is 2.80. The third kappa shape index (κ3) is 3.31. The van der Waals surface area contributed by atoms with E-state index in [2.05, 4.69) is 20.8 Å². The van der Waals surface area contributed by atoms with Gasteiger partial charge in [0.25, 0.3) is 0 Å². The van der Waals surface area contributed by atoms with E-state index in [1.54, 1.807) is 32.0 Å². The quantitative estimate of drug-likeness (QED) is 0.834. The maximum atomic E-state index is 11.8. The van der Waals surface area contributed by atoms with Gasteiger partial charge in [-0.05, 0) is 31.5 Å². The normalized spacial score (nSPS) is 10.2. The zero-order valence-electron chi connectivity index (χ0n) is 10.7. The minimum atomic E-state index is -0.805. The molecule has 0 saturated carbocycles. The first kappa shape index (κ1) is 14.4. The standard InChI is InChI=1S/C12H11ClN4O2S/c1-6-8(13)4-3-5-9(6)14-10(18)11(19)15-12-17-16-7(2)20-12/h3-5H,1-2H3,(H,14,18)(H,15,17,19). The predicted molar refractivity (Wildman–Crippen MR) is 78.1 cm³/mol. The van der Waals surface area contributed by atoms with Gasteiger partial charge in [-0.25, -0.2) is 0 Å². The zero-order valence-corrected chi connectivity index (χ0v) is 12.3. The van der Waals surface area contributed by atoms with Crippen molar-refractivity contribution in [2.75, 3.05) is 10.6 Å². The summed E-state index contributed by atoms with van der Waals surface area (Å²) in [6.45, 7) is 3.51. The van der Waals surface area contributed by atoms with Gasteiger partial charge < -0.3 is 5.32 Å². The van der Waals surface area contributed by atoms with Crippen molar-refractivity contribution in [1.29, 1.82) is 0 Å². The molecule has 0 atom stereocenters. The van der Waals surface area contributed by atoms with Gasteiger partial charge in [-0.1, -0.05) is 29.0 Å². The highest BCUT2D eigenvalue weighted by atomic mass is 35.5. The number of aryl methyl sites for hydroxylation is 1. The van der Waals surface area contributed by atoms with Gasteiger partial charge in [0.1, 0.15) is 5.01 Å². The molecule has 20 heavy (non-hydrogen) atoms. The minimum Gasteiger partial charge on any atom is -0.317 e. The molecule has 0 aliphatic heterocycles. The summed E-state index contributed by atoms with van der Waals surface area (Å²) in [5.74, 6) is -1.59. The van der Waals surface area contributed by atoms with E-state index in [-0.39, 0.29) is 5.13 Å². The number of hydrogen-bond acceptors (Lipinski definition) is 5. The second kappa shape index (κ2) is 5.98. The summed E-state index contributed by atoms with van der Waals surface area (Å²) in [7, 11) is 0. The summed E-state index contributed by atoms with van der Waals surface area (Å²) in [6.07, 6.45) is 0. The Morgan fingerprint density at radius 2 is 1.85 bits per heavy atom. The van der Waals surface area contributed by atoms with Crippen LogP contribution in [0.3, 0.4) is 0 Å². The Morgan fingerprint density at radius 3 is 2.50 bits per heavy atom. The number of hydrogen-bond donors (Lipinski definition) is 2. The molecule has 0 saturated heterocycles. The lowest BCUT2D eigenvalue weighted by Crippen LogP contribution is -2.29. The highest BCUT2D eigenvalue weighted by molar-refractivity contribution is 7.15. The molecular formula is C12H11ClN4O2S. The fraction of sp³-hybridized carbons (Fsp3) is 0.167. The first-order valence-electron chi connectivity index (χ1n) is 5.65. The SMILES string of the molecule is Cc1nnc(NC(=O)C(=O)Nc2cccc(Cl)c2C)s1. The van der Waals surface area contributed by atoms with Crippen molar-refractivity contribution in [2.24, 2.45) is 0 Å². The highest BCUT2D eigenvalue weighted by Gasteiger charge is 2.17. The van der Waals surface area contributed by atoms with Crippen LogP contribution >= 0.6 is 22.9 Å². The molecule has 0 unspecified atom stereocenters. The van der Waals surface area contributed by atoms with Crippen molar-refractivity contribution in [3.63, 3.8) is 0 Å². The smallest absolute Gasteiger partial charge is 0.315 e. The predicted octanol–water partition coefficient (Wildman–Crippen LogP) is 2.39. The summed E-state index contributed by atoms with van der Waals surface area (Å²) in [4.78, 5) is 23.5. The number of nitrogens with zero attached hydrogens (tertiary/aromatic N) is 2. The number of nitrogens with one attached hydrogen (secondary N) is 2. The summed E-state index contributed by atoms with van der Waals surface area (Å²) >= 11 is 7.13. The van der Waals surface area contributed by atoms with Gasteiger partial charge in [-0.2, -0.15) is 0 Å². The molecule has 2 N–H and O–H groups in total. The maximum Gasteiger partial charge on any atom is 0.315 e. The largest absolute Gasteiger partial charge is 0.317 e. The van der Waals surface area contributed by atoms with Crippen LogP contribution in [0.2, 0.25) is 5.02 Å². The van der Waals surface area contributed by atoms with Crippen molar-refractivity contribution in [2.45, 2.75) is 13.8 Å². The van der Waals surface area contributed by atoms with E-state index in [0.29, 0.717) is 21.3 Å². The number of carbonyl (C=O) groups is 2. The molecule has 2 aromatic rings. The summed E-state index contributed by atoms with van der Waals surface area (Å²) in [6, 6.07) is 5.06. The molecule has 0 spiro atoms. The van der Waals surface area contributed by atoms with E-state index < -0.39 is 11.8 Å². The maximum absolute atomic E-state index is 11.8. The number of halogens is 1. The Hall–Kier alpha value is -1.99. The third-order valence-electron chi connectivity index (χ3n) is 2.47. The lowest BCUT2D eigenvalue weighted by Gasteiger charge is -2.08. The van der Waals surface area contributed by atoms with Crippen molar-refractivity contribution in [1.82, 2.24) is 10.2 Å². The molecule has 8 heteroatoms. The molecule has 6 nitrogen and oxygen atoms in total. The van der Waals surface area contributed by atoms with E-state index in [4.69, 9.17) is 11.6 Å². The van der Waals surface area contributed by atoms with Gasteiger partial charge in [0.05, 0.1) is 0 Å². The van der Waals surface area contributed by atoms with Gasteiger partial charge in [-0.15, -0.1) is 10.2 Å². The van der Waals surface area contributed by atoms with Gasteiger partial charge >= 0.3 is 11.8 Å². The van der Waals surface area contributed by atoms with Crippen molar-refractivity contribution < 1.29 is 9.59 Å². The number of rotatable bonds is 2. The molecular weight excluding hydrogens is 300 g/mol. The lowest BCUT2D eigenvalue weighted by atomic mass is 10.2. The van der Waals surface area contributed by atoms with Gasteiger partial charge in [0, 0.05) is 10.7 Å². The molecule has 104 valence electrons. The average molecular weight is 311 g/mol. The van der Waals surface area contributed by atoms with Crippen LogP contribution in [-0.4, -0.2) is 22.0 Å². The molecule has 0 fully saturated rings. The van der Waals surface area contributed by atoms with Crippen LogP contribution in [0.5, 0.6) is 0 Å². The van der Waals surface area contributed by atoms with E-state index in [1.165, 1.54) is 11.3 Å². The number of anilines is 2. The Morgan fingerprint density at radius 1 is 1.15 bits per heavy atom. The van der Waals surface area contributed by atoms with Gasteiger partial charge in [-0.3, -0.25) is 14.9 Å². The van der Waals surface area contributed by atoms with Crippen LogP contribution in [0.15, 0.2) is 18.2 Å². The molecule has 1 aromatic carbocycles. The van der Waals surface area contributed by atoms with E-state index in [0.717, 1.165) is 0 Å². The molecule has 0 aliphatic rings. The van der Waals surface area contributed by atoms with Crippen LogP contribution in [0, 0.1) is 13.8 Å². The van der Waals surface area contributed by atoms with Crippen LogP contribution in [0.1, 0.15) is 10.6 Å². The molecule has 0 aliphatic carbocycles. The molecule has 0 bridgehead atoms. The van der Waals surface area contributed by atoms with Crippen LogP contribution in [0.25, 0.3) is 0 Å². The topological polar surface area (TPSA) is 84.0 Å². The fourth-order valence-electron chi connectivity index (χ4n) is 1.42. The molecule has 0 radical (unpaired) electrons. The van der Waals surface area contributed by atoms with Gasteiger partial charge in [0.2, 0.25) is 5.13 Å². The Labute approximate surface area is 124 Å². The van der Waals surface area contributed by atoms with E-state index in [9.17, 15) is 9.59 Å². The summed E-state index contributed by atoms with van der Waals surface area (Å²) in [5.41, 5.74) is 1.19. The number of aromatic nitrogens is 2. The fourth-order valence-corrected chi connectivity index (χ4v) is 2.18. The van der Waals surface area contributed by atoms with Gasteiger partial charge in [0.15, 0.2) is 0 Å². The number of amides is 2. The summed E-state index contributed by atoms with van der Waals surface area (Å²) in [5, 5.41) is 13.8. The zero-order chi connectivity index (χ0) is 14.7. The molecule has 1 heterocycles. The van der Waals surface area contributed by atoms with Crippen molar-refractivity contribution >= 4 is 45.6 Å². The van der Waals surface area contributed by atoms with Crippen LogP contribution in [-0.2, 0) is 9.59 Å². The second-order valence-corrected chi connectivity index (χ2v) is 5.54. The van der Waals surface area contributed by atoms with Crippen LogP contribution < -0.4 is 10.6 Å². The Balaban J connectivity index is 2.04. The van der Waals surface area contributed by atoms with Crippen molar-refractivity contribution in [3.8, 4) is 0 Å². The highest BCUT2D eigenvalue weighted by Crippen LogP contribution is 2.23. The Bertz CT molecular complexity index is 671. The lowest BCUT2D eigenvalue weighted by molar-refractivity contribution is -0.133. The third-order valence-corrected chi connectivity index (χ3v) is 3.63. The minimum absolute atomic E-state index is 0.283. The summed E-state index contributed by atoms with van der Waals surface area (Å²) < 4.78 is 0. The Kier molecular flexibility index (Phi) is 4.31. The first-order valence-corrected chi connectivity index (χ1v) is 6.84. The van der Waals surface area contributed by atoms with E-state index in [1.807, 2.05) is 0 Å². The molecule has 1 aromatic heterocycles. The first-order chi connectivity index (χ1) is 9.47. The van der Waals surface area contributed by atoms with Crippen molar-refractivity contribution in [3.05, 3.63) is 33.8 Å². The number of carbonyl (C=O) groups excluding carboxylic acids is 2. The van der Waals surface area contributed by atoms with Crippen LogP contribution in [0.4, 0.5) is 10.8 Å². The molecule has 2 amide bonds. The number of benzene rings is 1. The van der Waals surface area contributed by atoms with E-state index >= 15 is 0 Å². The molecule has 2 rings (SSSR count). The second-order valence-electron chi connectivity index (χ2n) is 3.95. The monoisotopic (exact) mass is 310 g/mol.